The first-order chi connectivity index (χ1) is 11.6. The van der Waals surface area contributed by atoms with Crippen molar-refractivity contribution >= 4 is 23.6 Å². The second-order valence-corrected chi connectivity index (χ2v) is 5.76. The van der Waals surface area contributed by atoms with Gasteiger partial charge in [0.1, 0.15) is 6.10 Å². The summed E-state index contributed by atoms with van der Waals surface area (Å²) in [5.41, 5.74) is 0.791. The third-order valence-electron chi connectivity index (χ3n) is 3.64. The number of halogens is 2. The van der Waals surface area contributed by atoms with Crippen molar-refractivity contribution in [1.29, 1.82) is 0 Å². The highest BCUT2D eigenvalue weighted by Crippen LogP contribution is 2.18. The normalized spacial score (nSPS) is 17.4. The fraction of sp³-hybridized carbons (Fsp3) is 0.235. The lowest BCUT2D eigenvalue weighted by molar-refractivity contribution is -0.125. The number of carbonyl (C=O) groups excluding carboxylic acids is 1. The van der Waals surface area contributed by atoms with E-state index in [-0.39, 0.29) is 18.0 Å². The molecule has 1 aliphatic rings. The Labute approximate surface area is 143 Å². The predicted molar refractivity (Wildman–Crippen MR) is 88.1 cm³/mol. The number of rotatable bonds is 4. The van der Waals surface area contributed by atoms with Gasteiger partial charge in [0, 0.05) is 24.1 Å². The van der Waals surface area contributed by atoms with Crippen molar-refractivity contribution in [2.24, 2.45) is 0 Å². The van der Waals surface area contributed by atoms with Crippen molar-refractivity contribution in [3.05, 3.63) is 59.1 Å². The van der Waals surface area contributed by atoms with Gasteiger partial charge in [-0.1, -0.05) is 29.8 Å². The summed E-state index contributed by atoms with van der Waals surface area (Å²) in [5.74, 6) is -0.628. The number of aromatic nitrogens is 2. The average molecular weight is 348 g/mol. The molecule has 1 aromatic heterocycles. The first-order valence-corrected chi connectivity index (χ1v) is 7.85. The quantitative estimate of drug-likeness (QED) is 0.798. The summed E-state index contributed by atoms with van der Waals surface area (Å²) in [7, 11) is 0. The van der Waals surface area contributed by atoms with E-state index in [1.807, 2.05) is 18.2 Å². The second-order valence-electron chi connectivity index (χ2n) is 5.35. The van der Waals surface area contributed by atoms with Crippen LogP contribution in [-0.4, -0.2) is 40.0 Å². The first kappa shape index (κ1) is 16.4. The number of likely N-dealkylation sites (tertiary alicyclic amines) is 1. The number of ether oxygens (including phenoxy) is 1. The summed E-state index contributed by atoms with van der Waals surface area (Å²) in [4.78, 5) is 21.4. The van der Waals surface area contributed by atoms with Crippen molar-refractivity contribution in [3.63, 3.8) is 0 Å². The lowest BCUT2D eigenvalue weighted by atomic mass is 10.2. The van der Waals surface area contributed by atoms with Gasteiger partial charge in [-0.05, 0) is 17.7 Å². The molecule has 124 valence electrons. The van der Waals surface area contributed by atoms with Gasteiger partial charge in [0.15, 0.2) is 5.82 Å². The molecule has 5 nitrogen and oxygen atoms in total. The molecule has 0 aliphatic carbocycles. The highest BCUT2D eigenvalue weighted by atomic mass is 35.5. The van der Waals surface area contributed by atoms with Gasteiger partial charge < -0.3 is 9.64 Å². The van der Waals surface area contributed by atoms with Gasteiger partial charge in [-0.3, -0.25) is 4.79 Å². The summed E-state index contributed by atoms with van der Waals surface area (Å²) >= 11 is 6.06. The Kier molecular flexibility index (Phi) is 5.05. The third kappa shape index (κ3) is 4.08. The molecule has 0 spiro atoms. The third-order valence-corrected chi connectivity index (χ3v) is 3.98. The molecule has 0 N–H and O–H groups in total. The van der Waals surface area contributed by atoms with E-state index >= 15 is 0 Å². The molecule has 1 amide bonds. The van der Waals surface area contributed by atoms with Crippen LogP contribution in [0.4, 0.5) is 4.39 Å². The van der Waals surface area contributed by atoms with Crippen LogP contribution in [0.15, 0.2) is 42.7 Å². The summed E-state index contributed by atoms with van der Waals surface area (Å²) in [6, 6.07) is 7.42. The molecule has 1 fully saturated rings. The molecule has 7 heteroatoms. The fourth-order valence-electron chi connectivity index (χ4n) is 2.41. The van der Waals surface area contributed by atoms with Crippen molar-refractivity contribution in [2.45, 2.75) is 12.5 Å². The van der Waals surface area contributed by atoms with E-state index in [0.29, 0.717) is 24.5 Å². The number of hydrogen-bond acceptors (Lipinski definition) is 4. The molecule has 1 unspecified atom stereocenters. The van der Waals surface area contributed by atoms with Gasteiger partial charge in [-0.2, -0.15) is 0 Å². The Hall–Kier alpha value is -2.47. The topological polar surface area (TPSA) is 55.3 Å². The molecule has 2 heterocycles. The van der Waals surface area contributed by atoms with Crippen molar-refractivity contribution in [3.8, 4) is 6.01 Å². The molecule has 1 aromatic carbocycles. The number of hydrogen-bond donors (Lipinski definition) is 0. The van der Waals surface area contributed by atoms with Crippen molar-refractivity contribution in [1.82, 2.24) is 14.9 Å². The van der Waals surface area contributed by atoms with E-state index in [1.54, 1.807) is 17.0 Å². The van der Waals surface area contributed by atoms with Crippen LogP contribution in [0.3, 0.4) is 0 Å². The summed E-state index contributed by atoms with van der Waals surface area (Å²) in [6.07, 6.45) is 5.76. The zero-order valence-electron chi connectivity index (χ0n) is 12.7. The largest absolute Gasteiger partial charge is 0.458 e. The Balaban J connectivity index is 1.56. The highest BCUT2D eigenvalue weighted by molar-refractivity contribution is 6.32. The summed E-state index contributed by atoms with van der Waals surface area (Å²) < 4.78 is 18.3. The Bertz CT molecular complexity index is 752. The van der Waals surface area contributed by atoms with Gasteiger partial charge in [0.05, 0.1) is 18.9 Å². The second kappa shape index (κ2) is 7.40. The Morgan fingerprint density at radius 2 is 2.08 bits per heavy atom. The molecule has 0 saturated carbocycles. The van der Waals surface area contributed by atoms with Crippen LogP contribution in [0.2, 0.25) is 5.02 Å². The van der Waals surface area contributed by atoms with Crippen molar-refractivity contribution < 1.29 is 13.9 Å². The predicted octanol–water partition coefficient (Wildman–Crippen LogP) is 2.96. The molecule has 1 saturated heterocycles. The van der Waals surface area contributed by atoms with Crippen molar-refractivity contribution in [2.75, 3.05) is 13.1 Å². The standard InChI is InChI=1S/C17H15ClFN3O2/c18-15-4-2-1-3-12(15)5-6-16(23)22-8-7-14(11-22)24-17-20-9-13(19)10-21-17/h1-6,9-10,14H,7-8,11H2. The van der Waals surface area contributed by atoms with Crippen LogP contribution in [0.25, 0.3) is 6.08 Å². The molecule has 0 bridgehead atoms. The zero-order chi connectivity index (χ0) is 16.9. The maximum Gasteiger partial charge on any atom is 0.316 e. The fourth-order valence-corrected chi connectivity index (χ4v) is 2.61. The van der Waals surface area contributed by atoms with Crippen LogP contribution in [0, 0.1) is 5.82 Å². The van der Waals surface area contributed by atoms with Gasteiger partial charge >= 0.3 is 6.01 Å². The zero-order valence-corrected chi connectivity index (χ0v) is 13.5. The molecule has 1 aliphatic heterocycles. The molecule has 2 aromatic rings. The van der Waals surface area contributed by atoms with E-state index in [4.69, 9.17) is 16.3 Å². The van der Waals surface area contributed by atoms with Gasteiger partial charge in [-0.15, -0.1) is 0 Å². The van der Waals surface area contributed by atoms with Gasteiger partial charge in [-0.25, -0.2) is 14.4 Å². The highest BCUT2D eigenvalue weighted by Gasteiger charge is 2.27. The van der Waals surface area contributed by atoms with Crippen LogP contribution < -0.4 is 4.74 Å². The van der Waals surface area contributed by atoms with E-state index in [0.717, 1.165) is 18.0 Å². The van der Waals surface area contributed by atoms with Crippen LogP contribution >= 0.6 is 11.6 Å². The Morgan fingerprint density at radius 1 is 1.33 bits per heavy atom. The first-order valence-electron chi connectivity index (χ1n) is 7.47. The summed E-state index contributed by atoms with van der Waals surface area (Å²) in [5, 5.41) is 0.595. The Morgan fingerprint density at radius 3 is 2.83 bits per heavy atom. The maximum atomic E-state index is 12.8. The minimum absolute atomic E-state index is 0.110. The number of benzene rings is 1. The molecule has 3 rings (SSSR count). The minimum atomic E-state index is -0.518. The van der Waals surface area contributed by atoms with Crippen LogP contribution in [0.1, 0.15) is 12.0 Å². The van der Waals surface area contributed by atoms with E-state index in [1.165, 1.54) is 6.08 Å². The molecule has 1 atom stereocenters. The average Bonchev–Trinajstić information content (AvgIpc) is 3.05. The van der Waals surface area contributed by atoms with Crippen LogP contribution in [0.5, 0.6) is 6.01 Å². The number of amides is 1. The monoisotopic (exact) mass is 347 g/mol. The van der Waals surface area contributed by atoms with Gasteiger partial charge in [0.25, 0.3) is 0 Å². The number of nitrogens with zero attached hydrogens (tertiary/aromatic N) is 3. The smallest absolute Gasteiger partial charge is 0.316 e. The van der Waals surface area contributed by atoms with E-state index in [2.05, 4.69) is 9.97 Å². The molecular formula is C17H15ClFN3O2. The van der Waals surface area contributed by atoms with Gasteiger partial charge in [0.2, 0.25) is 5.91 Å². The number of carbonyl (C=O) groups is 1. The van der Waals surface area contributed by atoms with E-state index in [9.17, 15) is 9.18 Å². The van der Waals surface area contributed by atoms with E-state index < -0.39 is 5.82 Å². The van der Waals surface area contributed by atoms with Crippen LogP contribution in [-0.2, 0) is 4.79 Å². The SMILES string of the molecule is O=C(C=Cc1ccccc1Cl)N1CCC(Oc2ncc(F)cn2)C1. The molecular weight excluding hydrogens is 333 g/mol. The minimum Gasteiger partial charge on any atom is -0.458 e. The lowest BCUT2D eigenvalue weighted by Crippen LogP contribution is -2.29. The molecule has 24 heavy (non-hydrogen) atoms. The summed E-state index contributed by atoms with van der Waals surface area (Å²) in [6.45, 7) is 1.02. The maximum absolute atomic E-state index is 12.8. The lowest BCUT2D eigenvalue weighted by Gasteiger charge is -2.14. The molecule has 0 radical (unpaired) electrons.